The van der Waals surface area contributed by atoms with Crippen LogP contribution in [0.15, 0.2) is 48.5 Å². The molecule has 1 heteroatoms. The van der Waals surface area contributed by atoms with Gasteiger partial charge in [-0.3, -0.25) is 0 Å². The van der Waals surface area contributed by atoms with Crippen molar-refractivity contribution in [2.24, 2.45) is 10.8 Å². The van der Waals surface area contributed by atoms with Crippen molar-refractivity contribution < 1.29 is 0 Å². The molecule has 0 N–H and O–H groups in total. The van der Waals surface area contributed by atoms with Crippen LogP contribution < -0.4 is 8.70 Å². The molecule has 0 aliphatic rings. The molecule has 0 amide bonds. The van der Waals surface area contributed by atoms with Crippen molar-refractivity contribution in [3.8, 4) is 0 Å². The predicted octanol–water partition coefficient (Wildman–Crippen LogP) is 6.50. The van der Waals surface area contributed by atoms with Gasteiger partial charge in [0.2, 0.25) is 0 Å². The molecule has 29 heavy (non-hydrogen) atoms. The van der Waals surface area contributed by atoms with Crippen LogP contribution in [-0.4, -0.2) is 15.8 Å². The summed E-state index contributed by atoms with van der Waals surface area (Å²) in [6.07, 6.45) is 2.39. The Hall–Kier alpha value is -1.00. The van der Waals surface area contributed by atoms with Gasteiger partial charge in [0.1, 0.15) is 0 Å². The van der Waals surface area contributed by atoms with E-state index in [1.54, 1.807) is 0 Å². The Bertz CT molecular complexity index is 709. The van der Waals surface area contributed by atoms with Gasteiger partial charge in [0.05, 0.1) is 0 Å². The molecule has 160 valence electrons. The van der Waals surface area contributed by atoms with E-state index in [0.29, 0.717) is 10.8 Å². The third-order valence-electron chi connectivity index (χ3n) is 5.57. The van der Waals surface area contributed by atoms with Gasteiger partial charge in [-0.05, 0) is 0 Å². The van der Waals surface area contributed by atoms with Crippen LogP contribution in [0.2, 0.25) is 0 Å². The van der Waals surface area contributed by atoms with Crippen molar-refractivity contribution >= 4 is 24.5 Å². The van der Waals surface area contributed by atoms with Gasteiger partial charge < -0.3 is 0 Å². The van der Waals surface area contributed by atoms with Gasteiger partial charge in [0, 0.05) is 0 Å². The van der Waals surface area contributed by atoms with E-state index >= 15 is 0 Å². The first-order valence-corrected chi connectivity index (χ1v) is 13.2. The molecule has 0 aliphatic carbocycles. The van der Waals surface area contributed by atoms with Gasteiger partial charge in [0.25, 0.3) is 0 Å². The molecule has 0 saturated carbocycles. The summed E-state index contributed by atoms with van der Waals surface area (Å²) in [4.78, 5) is 0. The molecule has 0 nitrogen and oxygen atoms in total. The van der Waals surface area contributed by atoms with Crippen LogP contribution in [0.1, 0.15) is 93.2 Å². The van der Waals surface area contributed by atoms with Crippen LogP contribution >= 0.6 is 0 Å². The number of benzene rings is 2. The summed E-state index contributed by atoms with van der Waals surface area (Å²) >= 11 is -0.279. The molecule has 0 saturated heterocycles. The topological polar surface area (TPSA) is 0 Å². The zero-order chi connectivity index (χ0) is 22.1. The Labute approximate surface area is 187 Å². The van der Waals surface area contributed by atoms with E-state index in [9.17, 15) is 0 Å². The van der Waals surface area contributed by atoms with Crippen molar-refractivity contribution in [1.82, 2.24) is 0 Å². The van der Waals surface area contributed by atoms with Crippen molar-refractivity contribution in [2.45, 2.75) is 92.9 Å². The summed E-state index contributed by atoms with van der Waals surface area (Å²) < 4.78 is 3.03. The van der Waals surface area contributed by atoms with Crippen molar-refractivity contribution in [2.75, 3.05) is 0 Å². The molecular formula is C28H43As. The standard InChI is InChI=1S/C28H43As/c1-25(2,3)19-27(7,8)21-11-15-23(16-12-21)29-24-17-13-22(14-18-24)28(9,10)20-26(4,5)6/h11-18,29H,19-20H2,1-10H3. The molecular weight excluding hydrogens is 411 g/mol. The minimum atomic E-state index is -0.279. The molecule has 0 unspecified atom stereocenters. The first-order chi connectivity index (χ1) is 13.1. The van der Waals surface area contributed by atoms with Gasteiger partial charge in [0.15, 0.2) is 0 Å². The van der Waals surface area contributed by atoms with Crippen LogP contribution in [0.5, 0.6) is 0 Å². The SMILES string of the molecule is CC(C)(C)CC(C)(C)c1ccc([AsH]c2ccc(C(C)(C)CC(C)(C)C)cc2)cc1. The van der Waals surface area contributed by atoms with Crippen LogP contribution in [0.3, 0.4) is 0 Å². The normalized spacial score (nSPS) is 13.6. The first-order valence-electron chi connectivity index (χ1n) is 11.1. The summed E-state index contributed by atoms with van der Waals surface area (Å²) in [6.45, 7) is 23.5. The van der Waals surface area contributed by atoms with Crippen LogP contribution in [-0.2, 0) is 10.8 Å². The number of hydrogen-bond donors (Lipinski definition) is 0. The second kappa shape index (κ2) is 8.62. The van der Waals surface area contributed by atoms with Crippen LogP contribution in [0, 0.1) is 10.8 Å². The summed E-state index contributed by atoms with van der Waals surface area (Å²) in [5.41, 5.74) is 4.05. The van der Waals surface area contributed by atoms with E-state index in [1.807, 2.05) is 0 Å². The van der Waals surface area contributed by atoms with Crippen molar-refractivity contribution in [3.63, 3.8) is 0 Å². The molecule has 0 atom stereocenters. The molecule has 2 aromatic carbocycles. The minimum absolute atomic E-state index is 0.219. The van der Waals surface area contributed by atoms with Gasteiger partial charge in [-0.25, -0.2) is 0 Å². The summed E-state index contributed by atoms with van der Waals surface area (Å²) in [7, 11) is 0. The molecule has 2 aromatic rings. The van der Waals surface area contributed by atoms with E-state index in [-0.39, 0.29) is 26.6 Å². The average molecular weight is 455 g/mol. The van der Waals surface area contributed by atoms with E-state index in [2.05, 4.69) is 118 Å². The third-order valence-corrected chi connectivity index (χ3v) is 8.18. The maximum atomic E-state index is 2.38. The van der Waals surface area contributed by atoms with E-state index < -0.39 is 0 Å². The second-order valence-electron chi connectivity index (χ2n) is 12.5. The molecule has 0 radical (unpaired) electrons. The van der Waals surface area contributed by atoms with Gasteiger partial charge >= 0.3 is 188 Å². The monoisotopic (exact) mass is 454 g/mol. The van der Waals surface area contributed by atoms with E-state index in [1.165, 1.54) is 32.7 Å². The van der Waals surface area contributed by atoms with Gasteiger partial charge in [-0.1, -0.05) is 0 Å². The molecule has 0 aromatic heterocycles. The average Bonchev–Trinajstić information content (AvgIpc) is 2.51. The zero-order valence-corrected chi connectivity index (χ0v) is 22.6. The first kappa shape index (κ1) is 24.3. The van der Waals surface area contributed by atoms with Crippen LogP contribution in [0.4, 0.5) is 0 Å². The van der Waals surface area contributed by atoms with Crippen LogP contribution in [0.25, 0.3) is 0 Å². The van der Waals surface area contributed by atoms with Gasteiger partial charge in [-0.2, -0.15) is 0 Å². The fourth-order valence-electron chi connectivity index (χ4n) is 5.03. The molecule has 0 fully saturated rings. The summed E-state index contributed by atoms with van der Waals surface area (Å²) in [5, 5.41) is 0. The molecule has 2 rings (SSSR count). The fourth-order valence-corrected chi connectivity index (χ4v) is 7.13. The predicted molar refractivity (Wildman–Crippen MR) is 133 cm³/mol. The quantitative estimate of drug-likeness (QED) is 0.437. The molecule has 0 heterocycles. The van der Waals surface area contributed by atoms with E-state index in [4.69, 9.17) is 0 Å². The second-order valence-corrected chi connectivity index (χ2v) is 15.5. The third kappa shape index (κ3) is 7.64. The molecule has 0 bridgehead atoms. The Morgan fingerprint density at radius 3 is 1.00 bits per heavy atom. The molecule has 0 aliphatic heterocycles. The van der Waals surface area contributed by atoms with Crippen molar-refractivity contribution in [3.05, 3.63) is 59.7 Å². The zero-order valence-electron chi connectivity index (χ0n) is 20.5. The Kier molecular flexibility index (Phi) is 7.22. The Balaban J connectivity index is 2.09. The number of rotatable bonds is 6. The number of hydrogen-bond acceptors (Lipinski definition) is 0. The summed E-state index contributed by atoms with van der Waals surface area (Å²) in [6, 6.07) is 19.0. The van der Waals surface area contributed by atoms with E-state index in [0.717, 1.165) is 0 Å². The van der Waals surface area contributed by atoms with Gasteiger partial charge in [-0.15, -0.1) is 0 Å². The maximum absolute atomic E-state index is 2.38. The Morgan fingerprint density at radius 2 is 0.759 bits per heavy atom. The molecule has 0 spiro atoms. The summed E-state index contributed by atoms with van der Waals surface area (Å²) in [5.74, 6) is 0. The fraction of sp³-hybridized carbons (Fsp3) is 0.571. The van der Waals surface area contributed by atoms with Crippen molar-refractivity contribution in [1.29, 1.82) is 0 Å². The Morgan fingerprint density at radius 1 is 0.483 bits per heavy atom.